The monoisotopic (exact) mass is 302 g/mol. The van der Waals surface area contributed by atoms with Gasteiger partial charge in [-0.2, -0.15) is 0 Å². The highest BCUT2D eigenvalue weighted by Crippen LogP contribution is 2.28. The van der Waals surface area contributed by atoms with Gasteiger partial charge in [0.25, 0.3) is 0 Å². The second-order valence-electron chi connectivity index (χ2n) is 5.57. The van der Waals surface area contributed by atoms with Crippen LogP contribution in [0.2, 0.25) is 0 Å². The molecule has 0 spiro atoms. The summed E-state index contributed by atoms with van der Waals surface area (Å²) in [6.45, 7) is 2.50. The van der Waals surface area contributed by atoms with Crippen molar-refractivity contribution in [1.82, 2.24) is 9.88 Å². The number of aromatic nitrogens is 1. The van der Waals surface area contributed by atoms with Crippen molar-refractivity contribution in [3.63, 3.8) is 0 Å². The first-order valence-electron chi connectivity index (χ1n) is 7.62. The first kappa shape index (κ1) is 15.1. The molecule has 1 aliphatic rings. The quantitative estimate of drug-likeness (QED) is 0.750. The second-order valence-corrected chi connectivity index (χ2v) is 5.57. The van der Waals surface area contributed by atoms with Crippen molar-refractivity contribution in [2.75, 3.05) is 27.4 Å². The summed E-state index contributed by atoms with van der Waals surface area (Å²) in [5.74, 6) is 1.48. The largest absolute Gasteiger partial charge is 0.497 e. The fourth-order valence-electron chi connectivity index (χ4n) is 2.49. The topological polar surface area (TPSA) is 47.7 Å². The lowest BCUT2D eigenvalue weighted by Crippen LogP contribution is -2.29. The molecule has 118 valence electrons. The van der Waals surface area contributed by atoms with Crippen LogP contribution in [0.5, 0.6) is 5.75 Å². The normalized spacial score (nSPS) is 14.5. The molecule has 1 fully saturated rings. The van der Waals surface area contributed by atoms with Crippen molar-refractivity contribution < 1.29 is 13.9 Å². The molecule has 2 aromatic rings. The lowest BCUT2D eigenvalue weighted by Gasteiger charge is -2.19. The minimum Gasteiger partial charge on any atom is -0.497 e. The predicted octanol–water partition coefficient (Wildman–Crippen LogP) is 2.96. The average molecular weight is 302 g/mol. The molecule has 0 bridgehead atoms. The lowest BCUT2D eigenvalue weighted by atomic mass is 10.2. The molecule has 0 atom stereocenters. The molecule has 1 aromatic heterocycles. The number of rotatable bonds is 8. The fraction of sp³-hybridized carbons (Fsp3) is 0.471. The van der Waals surface area contributed by atoms with Crippen molar-refractivity contribution in [2.24, 2.45) is 0 Å². The minimum absolute atomic E-state index is 0.653. The summed E-state index contributed by atoms with van der Waals surface area (Å²) in [6.07, 6.45) is 4.29. The van der Waals surface area contributed by atoms with E-state index < -0.39 is 0 Å². The van der Waals surface area contributed by atoms with Crippen LogP contribution in [0, 0.1) is 0 Å². The maximum atomic E-state index is 5.62. The van der Waals surface area contributed by atoms with E-state index in [-0.39, 0.29) is 0 Å². The molecule has 0 amide bonds. The van der Waals surface area contributed by atoms with E-state index in [0.717, 1.165) is 36.7 Å². The number of hydrogen-bond acceptors (Lipinski definition) is 5. The third kappa shape index (κ3) is 3.67. The molecular weight excluding hydrogens is 280 g/mol. The van der Waals surface area contributed by atoms with Gasteiger partial charge in [-0.3, -0.25) is 4.90 Å². The second kappa shape index (κ2) is 6.94. The predicted molar refractivity (Wildman–Crippen MR) is 83.8 cm³/mol. The van der Waals surface area contributed by atoms with Gasteiger partial charge in [0.15, 0.2) is 0 Å². The first-order chi connectivity index (χ1) is 10.8. The summed E-state index contributed by atoms with van der Waals surface area (Å²) in [5, 5.41) is 0. The third-order valence-electron chi connectivity index (χ3n) is 3.90. The van der Waals surface area contributed by atoms with Crippen LogP contribution in [-0.4, -0.2) is 43.3 Å². The molecule has 1 aliphatic carbocycles. The van der Waals surface area contributed by atoms with Crippen LogP contribution in [0.15, 0.2) is 34.9 Å². The zero-order chi connectivity index (χ0) is 15.4. The summed E-state index contributed by atoms with van der Waals surface area (Å²) >= 11 is 0. The molecule has 0 aliphatic heterocycles. The lowest BCUT2D eigenvalue weighted by molar-refractivity contribution is 0.139. The van der Waals surface area contributed by atoms with E-state index in [2.05, 4.69) is 9.88 Å². The first-order valence-corrected chi connectivity index (χ1v) is 7.62. The smallest absolute Gasteiger partial charge is 0.226 e. The van der Waals surface area contributed by atoms with Gasteiger partial charge in [0.05, 0.1) is 19.4 Å². The molecule has 3 rings (SSSR count). The van der Waals surface area contributed by atoms with Crippen LogP contribution >= 0.6 is 0 Å². The molecule has 0 unspecified atom stereocenters. The Kier molecular flexibility index (Phi) is 4.75. The molecular formula is C17H22N2O3. The molecule has 5 nitrogen and oxygen atoms in total. The number of hydrogen-bond donors (Lipinski definition) is 0. The maximum absolute atomic E-state index is 5.62. The van der Waals surface area contributed by atoms with Crippen LogP contribution in [0.4, 0.5) is 0 Å². The van der Waals surface area contributed by atoms with Gasteiger partial charge in [-0.1, -0.05) is 0 Å². The van der Waals surface area contributed by atoms with Gasteiger partial charge in [-0.05, 0) is 37.1 Å². The molecule has 1 aromatic carbocycles. The summed E-state index contributed by atoms with van der Waals surface area (Å²) in [6, 6.07) is 8.41. The molecule has 0 N–H and O–H groups in total. The zero-order valence-electron chi connectivity index (χ0n) is 13.1. The highest BCUT2D eigenvalue weighted by Gasteiger charge is 2.29. The van der Waals surface area contributed by atoms with Crippen molar-refractivity contribution in [3.8, 4) is 17.2 Å². The molecule has 0 radical (unpaired) electrons. The molecule has 22 heavy (non-hydrogen) atoms. The summed E-state index contributed by atoms with van der Waals surface area (Å²) in [4.78, 5) is 7.02. The van der Waals surface area contributed by atoms with Crippen molar-refractivity contribution in [3.05, 3.63) is 36.2 Å². The summed E-state index contributed by atoms with van der Waals surface area (Å²) < 4.78 is 16.0. The maximum Gasteiger partial charge on any atom is 0.226 e. The third-order valence-corrected chi connectivity index (χ3v) is 3.90. The fourth-order valence-corrected chi connectivity index (χ4v) is 2.49. The SMILES string of the molecule is COCCN(Cc1coc(-c2ccc(OC)cc2)n1)C1CC1. The Labute approximate surface area is 130 Å². The number of nitrogens with zero attached hydrogens (tertiary/aromatic N) is 2. The van der Waals surface area contributed by atoms with E-state index in [1.54, 1.807) is 20.5 Å². The van der Waals surface area contributed by atoms with Crippen LogP contribution in [0.1, 0.15) is 18.5 Å². The minimum atomic E-state index is 0.653. The molecule has 5 heteroatoms. The summed E-state index contributed by atoms with van der Waals surface area (Å²) in [7, 11) is 3.40. The van der Waals surface area contributed by atoms with Crippen LogP contribution in [0.25, 0.3) is 11.5 Å². The number of benzene rings is 1. The Bertz CT molecular complexity index is 590. The van der Waals surface area contributed by atoms with E-state index in [0.29, 0.717) is 11.9 Å². The average Bonchev–Trinajstić information content (AvgIpc) is 3.30. The van der Waals surface area contributed by atoms with Crippen molar-refractivity contribution in [2.45, 2.75) is 25.4 Å². The van der Waals surface area contributed by atoms with Crippen LogP contribution in [-0.2, 0) is 11.3 Å². The Morgan fingerprint density at radius 3 is 2.64 bits per heavy atom. The Morgan fingerprint density at radius 2 is 2.00 bits per heavy atom. The van der Waals surface area contributed by atoms with Gasteiger partial charge >= 0.3 is 0 Å². The van der Waals surface area contributed by atoms with Crippen molar-refractivity contribution >= 4 is 0 Å². The molecule has 1 heterocycles. The van der Waals surface area contributed by atoms with Crippen LogP contribution in [0.3, 0.4) is 0 Å². The number of ether oxygens (including phenoxy) is 2. The van der Waals surface area contributed by atoms with Gasteiger partial charge in [0.1, 0.15) is 12.0 Å². The van der Waals surface area contributed by atoms with Gasteiger partial charge in [-0.25, -0.2) is 4.98 Å². The molecule has 0 saturated heterocycles. The van der Waals surface area contributed by atoms with E-state index in [4.69, 9.17) is 13.9 Å². The van der Waals surface area contributed by atoms with Crippen molar-refractivity contribution in [1.29, 1.82) is 0 Å². The van der Waals surface area contributed by atoms with E-state index in [1.807, 2.05) is 24.3 Å². The van der Waals surface area contributed by atoms with Gasteiger partial charge < -0.3 is 13.9 Å². The van der Waals surface area contributed by atoms with Gasteiger partial charge in [-0.15, -0.1) is 0 Å². The Balaban J connectivity index is 1.66. The summed E-state index contributed by atoms with van der Waals surface area (Å²) in [5.41, 5.74) is 1.93. The van der Waals surface area contributed by atoms with E-state index in [9.17, 15) is 0 Å². The van der Waals surface area contributed by atoms with Gasteiger partial charge in [0.2, 0.25) is 5.89 Å². The van der Waals surface area contributed by atoms with Crippen LogP contribution < -0.4 is 4.74 Å². The standard InChI is InChI=1S/C17H22N2O3/c1-20-10-9-19(15-5-6-15)11-14-12-22-17(18-14)13-3-7-16(21-2)8-4-13/h3-4,7-8,12,15H,5-6,9-11H2,1-2H3. The molecule has 1 saturated carbocycles. The highest BCUT2D eigenvalue weighted by molar-refractivity contribution is 5.54. The van der Waals surface area contributed by atoms with E-state index >= 15 is 0 Å². The number of oxazole rings is 1. The zero-order valence-corrected chi connectivity index (χ0v) is 13.1. The van der Waals surface area contributed by atoms with Gasteiger partial charge in [0, 0.05) is 31.8 Å². The van der Waals surface area contributed by atoms with E-state index in [1.165, 1.54) is 12.8 Å². The number of methoxy groups -OCH3 is 2. The highest BCUT2D eigenvalue weighted by atomic mass is 16.5. The Hall–Kier alpha value is -1.85. The Morgan fingerprint density at radius 1 is 1.23 bits per heavy atom.